The molecule has 0 aliphatic carbocycles. The molecule has 162 valence electrons. The van der Waals surface area contributed by atoms with Crippen LogP contribution in [0.2, 0.25) is 0 Å². The first kappa shape index (κ1) is 22.5. The van der Waals surface area contributed by atoms with Gasteiger partial charge in [-0.3, -0.25) is 9.78 Å². The summed E-state index contributed by atoms with van der Waals surface area (Å²) in [5.41, 5.74) is 5.80. The maximum absolute atomic E-state index is 12.7. The van der Waals surface area contributed by atoms with Crippen LogP contribution in [0.15, 0.2) is 42.5 Å². The van der Waals surface area contributed by atoms with Gasteiger partial charge in [-0.15, -0.1) is 0 Å². The van der Waals surface area contributed by atoms with Gasteiger partial charge in [-0.2, -0.15) is 0 Å². The van der Waals surface area contributed by atoms with E-state index in [-0.39, 0.29) is 24.3 Å². The van der Waals surface area contributed by atoms with Crippen LogP contribution in [0.1, 0.15) is 72.3 Å². The maximum atomic E-state index is 12.7. The molecule has 1 N–H and O–H groups in total. The molecule has 3 rings (SSSR count). The Balaban J connectivity index is 1.75. The monoisotopic (exact) mass is 418 g/mol. The number of pyridine rings is 1. The Bertz CT molecular complexity index is 1110. The van der Waals surface area contributed by atoms with Crippen molar-refractivity contribution < 1.29 is 14.3 Å². The quantitative estimate of drug-likeness (QED) is 0.507. The zero-order valence-electron chi connectivity index (χ0n) is 19.1. The van der Waals surface area contributed by atoms with E-state index in [9.17, 15) is 9.59 Å². The van der Waals surface area contributed by atoms with Crippen molar-refractivity contribution in [2.45, 2.75) is 53.4 Å². The van der Waals surface area contributed by atoms with Crippen molar-refractivity contribution in [1.82, 2.24) is 4.98 Å². The van der Waals surface area contributed by atoms with Crippen LogP contribution in [0.4, 0.5) is 5.69 Å². The summed E-state index contributed by atoms with van der Waals surface area (Å²) in [6.45, 7) is 11.8. The zero-order chi connectivity index (χ0) is 22.7. The van der Waals surface area contributed by atoms with Crippen molar-refractivity contribution in [3.63, 3.8) is 0 Å². The summed E-state index contributed by atoms with van der Waals surface area (Å²) >= 11 is 0. The number of rotatable bonds is 6. The van der Waals surface area contributed by atoms with Crippen molar-refractivity contribution in [1.29, 1.82) is 0 Å². The van der Waals surface area contributed by atoms with Gasteiger partial charge in [-0.25, -0.2) is 4.79 Å². The molecule has 1 heterocycles. The fourth-order valence-electron chi connectivity index (χ4n) is 3.68. The molecule has 0 radical (unpaired) electrons. The lowest BCUT2D eigenvalue weighted by Gasteiger charge is -2.20. The number of anilines is 1. The van der Waals surface area contributed by atoms with Gasteiger partial charge in [-0.05, 0) is 55.0 Å². The molecule has 5 heteroatoms. The van der Waals surface area contributed by atoms with E-state index < -0.39 is 5.97 Å². The number of aromatic nitrogens is 1. The van der Waals surface area contributed by atoms with E-state index in [0.717, 1.165) is 33.3 Å². The van der Waals surface area contributed by atoms with Crippen LogP contribution in [-0.4, -0.2) is 23.5 Å². The highest BCUT2D eigenvalue weighted by atomic mass is 16.5. The second kappa shape index (κ2) is 9.29. The van der Waals surface area contributed by atoms with Gasteiger partial charge >= 0.3 is 5.97 Å². The first-order chi connectivity index (χ1) is 14.7. The van der Waals surface area contributed by atoms with Crippen molar-refractivity contribution in [2.75, 3.05) is 11.9 Å². The van der Waals surface area contributed by atoms with E-state index in [4.69, 9.17) is 4.74 Å². The molecular weight excluding hydrogens is 388 g/mol. The Labute approximate surface area is 183 Å². The predicted octanol–water partition coefficient (Wildman–Crippen LogP) is 5.89. The fraction of sp³-hybridized carbons (Fsp3) is 0.346. The standard InChI is InChI=1S/C26H30N2O3/c1-15(2)20-8-7-9-21(16(3)4)25(20)28-24(29)14-31-26(30)22-13-19-12-17(5)10-11-23(19)27-18(22)6/h7-13,15-16H,14H2,1-6H3,(H,28,29). The van der Waals surface area contributed by atoms with E-state index in [1.807, 2.05) is 43.3 Å². The summed E-state index contributed by atoms with van der Waals surface area (Å²) in [4.78, 5) is 29.8. The largest absolute Gasteiger partial charge is 0.452 e. The Morgan fingerprint density at radius 2 is 1.61 bits per heavy atom. The highest BCUT2D eigenvalue weighted by Gasteiger charge is 2.18. The second-order valence-corrected chi connectivity index (χ2v) is 8.56. The molecule has 0 saturated heterocycles. The van der Waals surface area contributed by atoms with Crippen molar-refractivity contribution >= 4 is 28.5 Å². The number of esters is 1. The van der Waals surface area contributed by atoms with Crippen LogP contribution in [0.25, 0.3) is 10.9 Å². The number of ether oxygens (including phenoxy) is 1. The molecule has 0 aliphatic heterocycles. The summed E-state index contributed by atoms with van der Waals surface area (Å²) in [7, 11) is 0. The summed E-state index contributed by atoms with van der Waals surface area (Å²) in [5.74, 6) is -0.395. The van der Waals surface area contributed by atoms with Crippen molar-refractivity contribution in [3.8, 4) is 0 Å². The lowest BCUT2D eigenvalue weighted by molar-refractivity contribution is -0.119. The zero-order valence-corrected chi connectivity index (χ0v) is 19.1. The first-order valence-corrected chi connectivity index (χ1v) is 10.6. The van der Waals surface area contributed by atoms with E-state index in [1.165, 1.54) is 0 Å². The van der Waals surface area contributed by atoms with E-state index in [0.29, 0.717) is 11.3 Å². The highest BCUT2D eigenvalue weighted by Crippen LogP contribution is 2.32. The van der Waals surface area contributed by atoms with E-state index in [2.05, 4.69) is 38.0 Å². The highest BCUT2D eigenvalue weighted by molar-refractivity contribution is 5.98. The fourth-order valence-corrected chi connectivity index (χ4v) is 3.68. The minimum Gasteiger partial charge on any atom is -0.452 e. The molecule has 1 amide bonds. The second-order valence-electron chi connectivity index (χ2n) is 8.56. The number of carbonyl (C=O) groups is 2. The van der Waals surface area contributed by atoms with Gasteiger partial charge in [0.05, 0.1) is 16.8 Å². The van der Waals surface area contributed by atoms with E-state index >= 15 is 0 Å². The molecule has 0 fully saturated rings. The first-order valence-electron chi connectivity index (χ1n) is 10.6. The topological polar surface area (TPSA) is 68.3 Å². The molecule has 0 unspecified atom stereocenters. The molecule has 0 atom stereocenters. The minimum absolute atomic E-state index is 0.256. The third-order valence-corrected chi connectivity index (χ3v) is 5.35. The van der Waals surface area contributed by atoms with Gasteiger partial charge < -0.3 is 10.1 Å². The number of benzene rings is 2. The van der Waals surface area contributed by atoms with Crippen LogP contribution in [0.5, 0.6) is 0 Å². The number of carbonyl (C=O) groups excluding carboxylic acids is 2. The summed E-state index contributed by atoms with van der Waals surface area (Å²) in [6.07, 6.45) is 0. The third-order valence-electron chi connectivity index (χ3n) is 5.35. The van der Waals surface area contributed by atoms with Crippen LogP contribution in [-0.2, 0) is 9.53 Å². The van der Waals surface area contributed by atoms with Gasteiger partial charge in [0.25, 0.3) is 5.91 Å². The lowest BCUT2D eigenvalue weighted by atomic mass is 9.92. The predicted molar refractivity (Wildman–Crippen MR) is 125 cm³/mol. The normalized spacial score (nSPS) is 11.2. The molecular formula is C26H30N2O3. The summed E-state index contributed by atoms with van der Waals surface area (Å²) < 4.78 is 5.33. The molecule has 0 spiro atoms. The Morgan fingerprint density at radius 1 is 0.968 bits per heavy atom. The van der Waals surface area contributed by atoms with Gasteiger partial charge in [0.1, 0.15) is 0 Å². The molecule has 2 aromatic carbocycles. The number of hydrogen-bond donors (Lipinski definition) is 1. The molecule has 3 aromatic rings. The lowest BCUT2D eigenvalue weighted by Crippen LogP contribution is -2.23. The van der Waals surface area contributed by atoms with E-state index in [1.54, 1.807) is 13.0 Å². The Hall–Kier alpha value is -3.21. The number of nitrogens with one attached hydrogen (secondary N) is 1. The number of hydrogen-bond acceptors (Lipinski definition) is 4. The third kappa shape index (κ3) is 5.10. The van der Waals surface area contributed by atoms with Crippen LogP contribution in [0.3, 0.4) is 0 Å². The number of aryl methyl sites for hydroxylation is 2. The molecule has 0 saturated carbocycles. The summed E-state index contributed by atoms with van der Waals surface area (Å²) in [5, 5.41) is 3.84. The molecule has 31 heavy (non-hydrogen) atoms. The van der Waals surface area contributed by atoms with Crippen LogP contribution in [0, 0.1) is 13.8 Å². The number of fused-ring (bicyclic) bond motifs is 1. The van der Waals surface area contributed by atoms with Crippen LogP contribution < -0.4 is 5.32 Å². The van der Waals surface area contributed by atoms with Gasteiger partial charge in [0, 0.05) is 11.1 Å². The molecule has 5 nitrogen and oxygen atoms in total. The molecule has 0 aliphatic rings. The Morgan fingerprint density at radius 3 is 2.23 bits per heavy atom. The van der Waals surface area contributed by atoms with Crippen LogP contribution >= 0.6 is 0 Å². The van der Waals surface area contributed by atoms with Gasteiger partial charge in [0.2, 0.25) is 0 Å². The molecule has 0 bridgehead atoms. The Kier molecular flexibility index (Phi) is 6.74. The van der Waals surface area contributed by atoms with Crippen molar-refractivity contribution in [3.05, 3.63) is 70.4 Å². The van der Waals surface area contributed by atoms with Gasteiger partial charge in [-0.1, -0.05) is 57.5 Å². The van der Waals surface area contributed by atoms with Crippen molar-refractivity contribution in [2.24, 2.45) is 0 Å². The van der Waals surface area contributed by atoms with Gasteiger partial charge in [0.15, 0.2) is 6.61 Å². The maximum Gasteiger partial charge on any atom is 0.340 e. The smallest absolute Gasteiger partial charge is 0.340 e. The number of nitrogens with zero attached hydrogens (tertiary/aromatic N) is 1. The summed E-state index contributed by atoms with van der Waals surface area (Å²) in [6, 6.07) is 13.7. The number of amides is 1. The molecule has 1 aromatic heterocycles. The SMILES string of the molecule is Cc1ccc2nc(C)c(C(=O)OCC(=O)Nc3c(C(C)C)cccc3C(C)C)cc2c1. The number of para-hydroxylation sites is 1. The average Bonchev–Trinajstić information content (AvgIpc) is 2.71. The minimum atomic E-state index is -0.551. The average molecular weight is 419 g/mol.